The summed E-state index contributed by atoms with van der Waals surface area (Å²) in [5, 5.41) is 17.0. The monoisotopic (exact) mass is 188 g/mol. The molecule has 4 nitrogen and oxygen atoms in total. The number of nitriles is 1. The van der Waals surface area contributed by atoms with Gasteiger partial charge in [0.2, 0.25) is 0 Å². The molecule has 0 aliphatic carbocycles. The summed E-state index contributed by atoms with van der Waals surface area (Å²) >= 11 is 0. The molecule has 0 radical (unpaired) electrons. The molecule has 1 N–H and O–H groups in total. The van der Waals surface area contributed by atoms with Crippen molar-refractivity contribution in [1.82, 2.24) is 0 Å². The van der Waals surface area contributed by atoms with E-state index in [1.54, 1.807) is 30.3 Å². The normalized spacial score (nSPS) is 12.2. The van der Waals surface area contributed by atoms with E-state index in [2.05, 4.69) is 4.99 Å². The summed E-state index contributed by atoms with van der Waals surface area (Å²) in [6.45, 7) is 0. The molecule has 1 rings (SSSR count). The number of aliphatic carboxylic acids is 1. The van der Waals surface area contributed by atoms with Crippen molar-refractivity contribution in [2.45, 2.75) is 0 Å². The number of nitrogens with zero attached hydrogens (tertiary/aromatic N) is 2. The highest BCUT2D eigenvalue weighted by Crippen LogP contribution is 2.09. The van der Waals surface area contributed by atoms with Gasteiger partial charge in [-0.3, -0.25) is 9.79 Å². The Hall–Kier alpha value is -2.15. The van der Waals surface area contributed by atoms with Gasteiger partial charge in [-0.25, -0.2) is 0 Å². The van der Waals surface area contributed by atoms with E-state index in [0.29, 0.717) is 5.69 Å². The molecule has 0 spiro atoms. The number of carboxylic acids is 1. The molecule has 0 amide bonds. The minimum Gasteiger partial charge on any atom is -0.480 e. The lowest BCUT2D eigenvalue weighted by Gasteiger charge is -1.94. The van der Waals surface area contributed by atoms with Gasteiger partial charge in [-0.1, -0.05) is 18.2 Å². The van der Waals surface area contributed by atoms with Crippen LogP contribution in [0.4, 0.5) is 5.69 Å². The minimum absolute atomic E-state index is 0.633. The van der Waals surface area contributed by atoms with Gasteiger partial charge >= 0.3 is 5.97 Å². The largest absolute Gasteiger partial charge is 0.480 e. The first-order valence-electron chi connectivity index (χ1n) is 3.95. The molecule has 0 aromatic heterocycles. The van der Waals surface area contributed by atoms with Crippen LogP contribution >= 0.6 is 0 Å². The van der Waals surface area contributed by atoms with Crippen LogP contribution in [0.5, 0.6) is 0 Å². The highest BCUT2D eigenvalue weighted by Gasteiger charge is 2.12. The average molecular weight is 188 g/mol. The molecule has 14 heavy (non-hydrogen) atoms. The van der Waals surface area contributed by atoms with E-state index < -0.39 is 11.9 Å². The molecule has 0 saturated carbocycles. The number of para-hydroxylation sites is 1. The number of hydrogen-bond donors (Lipinski definition) is 1. The van der Waals surface area contributed by atoms with Crippen LogP contribution in [0.2, 0.25) is 0 Å². The van der Waals surface area contributed by atoms with Crippen LogP contribution in [-0.4, -0.2) is 17.3 Å². The maximum absolute atomic E-state index is 10.4. The molecule has 1 aromatic rings. The molecule has 0 heterocycles. The maximum atomic E-state index is 10.4. The Morgan fingerprint density at radius 3 is 2.64 bits per heavy atom. The molecule has 1 unspecified atom stereocenters. The van der Waals surface area contributed by atoms with Gasteiger partial charge in [0.15, 0.2) is 5.92 Å². The fourth-order valence-corrected chi connectivity index (χ4v) is 0.827. The van der Waals surface area contributed by atoms with Gasteiger partial charge in [0.25, 0.3) is 0 Å². The van der Waals surface area contributed by atoms with Crippen molar-refractivity contribution in [2.24, 2.45) is 10.9 Å². The first-order chi connectivity index (χ1) is 6.74. The summed E-state index contributed by atoms with van der Waals surface area (Å²) in [4.78, 5) is 14.3. The van der Waals surface area contributed by atoms with Crippen molar-refractivity contribution in [2.75, 3.05) is 0 Å². The second-order valence-corrected chi connectivity index (χ2v) is 2.56. The predicted molar refractivity (Wildman–Crippen MR) is 51.3 cm³/mol. The van der Waals surface area contributed by atoms with E-state index in [1.807, 2.05) is 6.07 Å². The van der Waals surface area contributed by atoms with Gasteiger partial charge in [0, 0.05) is 6.21 Å². The number of hydrogen-bond acceptors (Lipinski definition) is 3. The Morgan fingerprint density at radius 1 is 1.50 bits per heavy atom. The maximum Gasteiger partial charge on any atom is 0.326 e. The van der Waals surface area contributed by atoms with Gasteiger partial charge in [-0.05, 0) is 12.1 Å². The third-order valence-electron chi connectivity index (χ3n) is 1.53. The number of carboxylic acid groups (broad SMARTS) is 1. The van der Waals surface area contributed by atoms with Crippen LogP contribution in [-0.2, 0) is 4.79 Å². The zero-order valence-electron chi connectivity index (χ0n) is 7.29. The number of carbonyl (C=O) groups is 1. The average Bonchev–Trinajstić information content (AvgIpc) is 2.20. The Balaban J connectivity index is 2.74. The summed E-state index contributed by atoms with van der Waals surface area (Å²) in [7, 11) is 0. The molecule has 0 fully saturated rings. The number of rotatable bonds is 3. The van der Waals surface area contributed by atoms with Crippen LogP contribution in [0.3, 0.4) is 0 Å². The topological polar surface area (TPSA) is 73.5 Å². The van der Waals surface area contributed by atoms with Crippen molar-refractivity contribution in [1.29, 1.82) is 5.26 Å². The van der Waals surface area contributed by atoms with Crippen molar-refractivity contribution < 1.29 is 9.90 Å². The van der Waals surface area contributed by atoms with Crippen molar-refractivity contribution in [3.05, 3.63) is 30.3 Å². The molecule has 0 aliphatic rings. The first kappa shape index (κ1) is 9.93. The first-order valence-corrected chi connectivity index (χ1v) is 3.95. The van der Waals surface area contributed by atoms with E-state index in [1.165, 1.54) is 0 Å². The van der Waals surface area contributed by atoms with Gasteiger partial charge in [-0.2, -0.15) is 5.26 Å². The Kier molecular flexibility index (Phi) is 3.39. The lowest BCUT2D eigenvalue weighted by atomic mass is 10.2. The summed E-state index contributed by atoms with van der Waals surface area (Å²) in [6, 6.07) is 10.5. The lowest BCUT2D eigenvalue weighted by molar-refractivity contribution is -0.137. The van der Waals surface area contributed by atoms with E-state index in [9.17, 15) is 4.79 Å². The fourth-order valence-electron chi connectivity index (χ4n) is 0.827. The van der Waals surface area contributed by atoms with Gasteiger partial charge < -0.3 is 5.11 Å². The molecule has 0 aliphatic heterocycles. The molecule has 0 saturated heterocycles. The van der Waals surface area contributed by atoms with E-state index in [4.69, 9.17) is 10.4 Å². The molecule has 0 bridgehead atoms. The number of aliphatic imine (C=N–C) groups is 1. The van der Waals surface area contributed by atoms with E-state index in [-0.39, 0.29) is 0 Å². The van der Waals surface area contributed by atoms with Gasteiger partial charge in [-0.15, -0.1) is 0 Å². The molecule has 70 valence electrons. The van der Waals surface area contributed by atoms with Crippen molar-refractivity contribution in [3.8, 4) is 6.07 Å². The quantitative estimate of drug-likeness (QED) is 0.732. The van der Waals surface area contributed by atoms with Crippen molar-refractivity contribution >= 4 is 17.9 Å². The van der Waals surface area contributed by atoms with Crippen molar-refractivity contribution in [3.63, 3.8) is 0 Å². The third-order valence-corrected chi connectivity index (χ3v) is 1.53. The zero-order valence-corrected chi connectivity index (χ0v) is 7.29. The van der Waals surface area contributed by atoms with E-state index >= 15 is 0 Å². The Labute approximate surface area is 81.1 Å². The highest BCUT2D eigenvalue weighted by atomic mass is 16.4. The molecule has 4 heteroatoms. The summed E-state index contributed by atoms with van der Waals surface area (Å²) < 4.78 is 0. The van der Waals surface area contributed by atoms with Crippen LogP contribution < -0.4 is 0 Å². The standard InChI is InChI=1S/C10H8N2O2/c11-6-8(10(13)14)7-12-9-4-2-1-3-5-9/h1-5,7-8H,(H,13,14). The Morgan fingerprint density at radius 2 is 2.14 bits per heavy atom. The van der Waals surface area contributed by atoms with Crippen LogP contribution in [0.25, 0.3) is 0 Å². The second kappa shape index (κ2) is 4.77. The van der Waals surface area contributed by atoms with Crippen LogP contribution in [0.15, 0.2) is 35.3 Å². The summed E-state index contributed by atoms with van der Waals surface area (Å²) in [6.07, 6.45) is 1.12. The summed E-state index contributed by atoms with van der Waals surface area (Å²) in [5.41, 5.74) is 0.633. The van der Waals surface area contributed by atoms with Gasteiger partial charge in [0.05, 0.1) is 11.8 Å². The predicted octanol–water partition coefficient (Wildman–Crippen LogP) is 1.61. The lowest BCUT2D eigenvalue weighted by Crippen LogP contribution is -2.12. The van der Waals surface area contributed by atoms with Crippen LogP contribution in [0.1, 0.15) is 0 Å². The Bertz CT molecular complexity index is 379. The third kappa shape index (κ3) is 2.72. The molecule has 1 atom stereocenters. The fraction of sp³-hybridized carbons (Fsp3) is 0.100. The second-order valence-electron chi connectivity index (χ2n) is 2.56. The molecular formula is C10H8N2O2. The molecular weight excluding hydrogens is 180 g/mol. The number of benzene rings is 1. The highest BCUT2D eigenvalue weighted by molar-refractivity contribution is 5.92. The molecule has 1 aromatic carbocycles. The SMILES string of the molecule is N#CC(C=Nc1ccccc1)C(=O)O. The summed E-state index contributed by atoms with van der Waals surface area (Å²) in [5.74, 6) is -2.37. The zero-order chi connectivity index (χ0) is 10.4. The minimum atomic E-state index is -1.19. The van der Waals surface area contributed by atoms with Gasteiger partial charge in [0.1, 0.15) is 0 Å². The smallest absolute Gasteiger partial charge is 0.326 e. The van der Waals surface area contributed by atoms with E-state index in [0.717, 1.165) is 6.21 Å². The van der Waals surface area contributed by atoms with Crippen LogP contribution in [0, 0.1) is 17.2 Å².